The van der Waals surface area contributed by atoms with Gasteiger partial charge in [-0.05, 0) is 42.2 Å². The zero-order chi connectivity index (χ0) is 17.6. The summed E-state index contributed by atoms with van der Waals surface area (Å²) in [6.45, 7) is 2.35. The molecule has 1 aliphatic rings. The molecular weight excluding hydrogens is 326 g/mol. The lowest BCUT2D eigenvalue weighted by Gasteiger charge is -2.27. The summed E-state index contributed by atoms with van der Waals surface area (Å²) in [5.74, 6) is -1.86. The Morgan fingerprint density at radius 3 is 2.84 bits per heavy atom. The first-order chi connectivity index (χ1) is 12.1. The number of pyridine rings is 1. The molecule has 0 spiro atoms. The molecule has 0 radical (unpaired) electrons. The van der Waals surface area contributed by atoms with E-state index in [9.17, 15) is 13.9 Å². The normalized spacial score (nSPS) is 18.6. The van der Waals surface area contributed by atoms with Crippen LogP contribution in [0.25, 0.3) is 0 Å². The maximum absolute atomic E-state index is 13.4. The zero-order valence-corrected chi connectivity index (χ0v) is 13.9. The number of nitrogens with zero attached hydrogens (tertiary/aromatic N) is 2. The lowest BCUT2D eigenvalue weighted by atomic mass is 10.1. The quantitative estimate of drug-likeness (QED) is 0.835. The Labute approximate surface area is 146 Å². The molecule has 1 N–H and O–H groups in total. The molecule has 1 aromatic heterocycles. The Balaban J connectivity index is 1.69. The molecule has 2 heterocycles. The molecule has 134 valence electrons. The second-order valence-electron chi connectivity index (χ2n) is 6.38. The summed E-state index contributed by atoms with van der Waals surface area (Å²) in [4.78, 5) is 6.18. The first-order valence-electron chi connectivity index (χ1n) is 8.47. The van der Waals surface area contributed by atoms with Crippen LogP contribution in [0.4, 0.5) is 8.78 Å². The van der Waals surface area contributed by atoms with Crippen LogP contribution in [0.15, 0.2) is 42.7 Å². The molecule has 1 saturated heterocycles. The van der Waals surface area contributed by atoms with Gasteiger partial charge in [-0.3, -0.25) is 9.88 Å². The van der Waals surface area contributed by atoms with Crippen LogP contribution in [0.2, 0.25) is 0 Å². The summed E-state index contributed by atoms with van der Waals surface area (Å²) in [7, 11) is 0. The van der Waals surface area contributed by atoms with Gasteiger partial charge in [0.2, 0.25) is 0 Å². The molecule has 2 aromatic rings. The molecular formula is C19H22F2N2O2. The molecule has 0 saturated carbocycles. The lowest BCUT2D eigenvalue weighted by molar-refractivity contribution is 0.0459. The van der Waals surface area contributed by atoms with Crippen LogP contribution < -0.4 is 0 Å². The predicted molar refractivity (Wildman–Crippen MR) is 89.8 cm³/mol. The third-order valence-corrected chi connectivity index (χ3v) is 4.37. The van der Waals surface area contributed by atoms with Gasteiger partial charge in [0.05, 0.1) is 12.2 Å². The number of aliphatic hydroxyl groups is 1. The Morgan fingerprint density at radius 1 is 1.28 bits per heavy atom. The van der Waals surface area contributed by atoms with Crippen LogP contribution in [0.1, 0.15) is 30.1 Å². The number of halogens is 2. The van der Waals surface area contributed by atoms with Gasteiger partial charge in [-0.1, -0.05) is 12.1 Å². The van der Waals surface area contributed by atoms with E-state index in [1.54, 1.807) is 12.4 Å². The van der Waals surface area contributed by atoms with E-state index >= 15 is 0 Å². The Hall–Kier alpha value is -1.89. The van der Waals surface area contributed by atoms with Gasteiger partial charge in [-0.15, -0.1) is 0 Å². The summed E-state index contributed by atoms with van der Waals surface area (Å²) in [6, 6.07) is 7.34. The van der Waals surface area contributed by atoms with Gasteiger partial charge >= 0.3 is 0 Å². The minimum absolute atomic E-state index is 0.133. The van der Waals surface area contributed by atoms with Crippen LogP contribution in [-0.4, -0.2) is 40.8 Å². The van der Waals surface area contributed by atoms with Crippen molar-refractivity contribution in [2.45, 2.75) is 31.6 Å². The minimum atomic E-state index is -0.950. The summed E-state index contributed by atoms with van der Waals surface area (Å²) in [5.41, 5.74) is 1.39. The molecule has 2 unspecified atom stereocenters. The first-order valence-corrected chi connectivity index (χ1v) is 8.47. The average Bonchev–Trinajstić information content (AvgIpc) is 3.11. The van der Waals surface area contributed by atoms with E-state index in [0.717, 1.165) is 37.1 Å². The number of hydrogen-bond donors (Lipinski definition) is 1. The van der Waals surface area contributed by atoms with Crippen LogP contribution in [0, 0.1) is 11.6 Å². The summed E-state index contributed by atoms with van der Waals surface area (Å²) >= 11 is 0. The van der Waals surface area contributed by atoms with Crippen molar-refractivity contribution >= 4 is 0 Å². The highest BCUT2D eigenvalue weighted by atomic mass is 19.2. The number of hydrogen-bond acceptors (Lipinski definition) is 4. The van der Waals surface area contributed by atoms with Gasteiger partial charge in [0.25, 0.3) is 0 Å². The Morgan fingerprint density at radius 2 is 2.16 bits per heavy atom. The highest BCUT2D eigenvalue weighted by molar-refractivity contribution is 5.20. The van der Waals surface area contributed by atoms with Gasteiger partial charge in [0.15, 0.2) is 11.6 Å². The highest BCUT2D eigenvalue weighted by Crippen LogP contribution is 2.20. The largest absolute Gasteiger partial charge is 0.387 e. The van der Waals surface area contributed by atoms with E-state index in [2.05, 4.69) is 9.88 Å². The lowest BCUT2D eigenvalue weighted by Crippen LogP contribution is -2.35. The maximum atomic E-state index is 13.4. The highest BCUT2D eigenvalue weighted by Gasteiger charge is 2.22. The van der Waals surface area contributed by atoms with E-state index in [1.807, 2.05) is 12.1 Å². The zero-order valence-electron chi connectivity index (χ0n) is 13.9. The Bertz CT molecular complexity index is 678. The van der Waals surface area contributed by atoms with E-state index in [0.29, 0.717) is 25.2 Å². The molecule has 0 aliphatic carbocycles. The smallest absolute Gasteiger partial charge is 0.159 e. The van der Waals surface area contributed by atoms with Crippen LogP contribution in [0.3, 0.4) is 0 Å². The van der Waals surface area contributed by atoms with Crippen molar-refractivity contribution in [2.24, 2.45) is 0 Å². The first kappa shape index (κ1) is 17.9. The monoisotopic (exact) mass is 348 g/mol. The molecule has 4 nitrogen and oxygen atoms in total. The molecule has 1 aliphatic heterocycles. The number of benzene rings is 1. The van der Waals surface area contributed by atoms with Crippen molar-refractivity contribution < 1.29 is 18.6 Å². The van der Waals surface area contributed by atoms with Gasteiger partial charge in [-0.25, -0.2) is 8.78 Å². The van der Waals surface area contributed by atoms with Crippen molar-refractivity contribution in [1.29, 1.82) is 0 Å². The van der Waals surface area contributed by atoms with E-state index < -0.39 is 17.7 Å². The van der Waals surface area contributed by atoms with Crippen LogP contribution in [-0.2, 0) is 11.3 Å². The van der Waals surface area contributed by atoms with Crippen molar-refractivity contribution in [3.8, 4) is 0 Å². The number of ether oxygens (including phenoxy) is 1. The SMILES string of the molecule is OC(CN(Cc1cccnc1)CC1CCCO1)c1ccc(F)c(F)c1. The fourth-order valence-corrected chi connectivity index (χ4v) is 3.10. The minimum Gasteiger partial charge on any atom is -0.387 e. The number of rotatable bonds is 7. The number of aromatic nitrogens is 1. The van der Waals surface area contributed by atoms with E-state index in [4.69, 9.17) is 4.74 Å². The second-order valence-corrected chi connectivity index (χ2v) is 6.38. The fourth-order valence-electron chi connectivity index (χ4n) is 3.10. The van der Waals surface area contributed by atoms with Crippen LogP contribution >= 0.6 is 0 Å². The van der Waals surface area contributed by atoms with Gasteiger partial charge < -0.3 is 9.84 Å². The molecule has 1 fully saturated rings. The second kappa shape index (κ2) is 8.47. The molecule has 1 aromatic carbocycles. The molecule has 2 atom stereocenters. The van der Waals surface area contributed by atoms with Crippen LogP contribution in [0.5, 0.6) is 0 Å². The van der Waals surface area contributed by atoms with Gasteiger partial charge in [0, 0.05) is 38.6 Å². The maximum Gasteiger partial charge on any atom is 0.159 e. The summed E-state index contributed by atoms with van der Waals surface area (Å²) in [6.07, 6.45) is 4.75. The molecule has 6 heteroatoms. The van der Waals surface area contributed by atoms with Crippen molar-refractivity contribution in [2.75, 3.05) is 19.7 Å². The van der Waals surface area contributed by atoms with Crippen molar-refractivity contribution in [3.05, 3.63) is 65.5 Å². The topological polar surface area (TPSA) is 45.6 Å². The summed E-state index contributed by atoms with van der Waals surface area (Å²) < 4.78 is 32.2. The van der Waals surface area contributed by atoms with E-state index in [-0.39, 0.29) is 6.10 Å². The standard InChI is InChI=1S/C19H22F2N2O2/c20-17-6-5-15(9-18(17)21)19(24)13-23(12-16-4-2-8-25-16)11-14-3-1-7-22-10-14/h1,3,5-7,9-10,16,19,24H,2,4,8,11-13H2. The fraction of sp³-hybridized carbons (Fsp3) is 0.421. The predicted octanol–water partition coefficient (Wildman–Crippen LogP) is 3.07. The molecule has 0 bridgehead atoms. The molecule has 0 amide bonds. The summed E-state index contributed by atoms with van der Waals surface area (Å²) in [5, 5.41) is 10.5. The van der Waals surface area contributed by atoms with Gasteiger partial charge in [0.1, 0.15) is 0 Å². The third kappa shape index (κ3) is 5.04. The van der Waals surface area contributed by atoms with E-state index in [1.165, 1.54) is 6.07 Å². The Kier molecular flexibility index (Phi) is 6.07. The number of aliphatic hydroxyl groups excluding tert-OH is 1. The van der Waals surface area contributed by atoms with Gasteiger partial charge in [-0.2, -0.15) is 0 Å². The molecule has 25 heavy (non-hydrogen) atoms. The average molecular weight is 348 g/mol. The van der Waals surface area contributed by atoms with Crippen molar-refractivity contribution in [3.63, 3.8) is 0 Å². The molecule has 3 rings (SSSR count). The van der Waals surface area contributed by atoms with Crippen molar-refractivity contribution in [1.82, 2.24) is 9.88 Å². The third-order valence-electron chi connectivity index (χ3n) is 4.37.